The predicted octanol–water partition coefficient (Wildman–Crippen LogP) is -1.95. The SMILES string of the molecule is O=C(O)CCC1(NCC(=O)O)CN(CC(=O)O)CCN(CC(=O)O)C1. The number of nitrogens with one attached hydrogen (secondary N) is 1. The van der Waals surface area contributed by atoms with Crippen LogP contribution in [-0.4, -0.2) is 105 Å². The summed E-state index contributed by atoms with van der Waals surface area (Å²) >= 11 is 0. The first kappa shape index (κ1) is 20.8. The minimum atomic E-state index is -1.14. The van der Waals surface area contributed by atoms with Crippen LogP contribution in [0.3, 0.4) is 0 Å². The number of carbonyl (C=O) groups is 4. The van der Waals surface area contributed by atoms with Gasteiger partial charge in [-0.15, -0.1) is 0 Å². The van der Waals surface area contributed by atoms with Gasteiger partial charge in [0.15, 0.2) is 0 Å². The Labute approximate surface area is 143 Å². The summed E-state index contributed by atoms with van der Waals surface area (Å²) in [5.41, 5.74) is -1.04. The van der Waals surface area contributed by atoms with Crippen LogP contribution in [0.25, 0.3) is 0 Å². The minimum Gasteiger partial charge on any atom is -0.481 e. The number of nitrogens with zero attached hydrogens (tertiary/aromatic N) is 2. The molecule has 0 aliphatic carbocycles. The lowest BCUT2D eigenvalue weighted by Gasteiger charge is -2.38. The average molecular weight is 361 g/mol. The van der Waals surface area contributed by atoms with Crippen LogP contribution < -0.4 is 5.32 Å². The summed E-state index contributed by atoms with van der Waals surface area (Å²) in [6.45, 7) is -0.269. The van der Waals surface area contributed by atoms with E-state index in [0.717, 1.165) is 0 Å². The fourth-order valence-corrected chi connectivity index (χ4v) is 2.97. The van der Waals surface area contributed by atoms with Gasteiger partial charge in [0.2, 0.25) is 0 Å². The van der Waals surface area contributed by atoms with Gasteiger partial charge in [-0.3, -0.25) is 34.3 Å². The van der Waals surface area contributed by atoms with Crippen molar-refractivity contribution in [2.75, 3.05) is 45.8 Å². The second-order valence-corrected chi connectivity index (χ2v) is 6.13. The van der Waals surface area contributed by atoms with Gasteiger partial charge in [0.1, 0.15) is 0 Å². The summed E-state index contributed by atoms with van der Waals surface area (Å²) in [6, 6.07) is 0. The monoisotopic (exact) mass is 361 g/mol. The Kier molecular flexibility index (Phi) is 7.74. The molecule has 0 aromatic carbocycles. The molecule has 0 bridgehead atoms. The Balaban J connectivity index is 3.05. The lowest BCUT2D eigenvalue weighted by atomic mass is 9.91. The molecular formula is C14H23N3O8. The maximum Gasteiger partial charge on any atom is 0.317 e. The molecule has 25 heavy (non-hydrogen) atoms. The van der Waals surface area contributed by atoms with Gasteiger partial charge >= 0.3 is 23.9 Å². The predicted molar refractivity (Wildman–Crippen MR) is 83.4 cm³/mol. The Bertz CT molecular complexity index is 478. The molecule has 0 spiro atoms. The van der Waals surface area contributed by atoms with Crippen molar-refractivity contribution in [3.05, 3.63) is 0 Å². The van der Waals surface area contributed by atoms with E-state index in [-0.39, 0.29) is 52.1 Å². The van der Waals surface area contributed by atoms with E-state index in [2.05, 4.69) is 5.32 Å². The smallest absolute Gasteiger partial charge is 0.317 e. The molecule has 0 amide bonds. The highest BCUT2D eigenvalue weighted by molar-refractivity contribution is 5.70. The third-order valence-corrected chi connectivity index (χ3v) is 3.93. The third-order valence-electron chi connectivity index (χ3n) is 3.93. The zero-order valence-corrected chi connectivity index (χ0v) is 13.7. The lowest BCUT2D eigenvalue weighted by Crippen LogP contribution is -2.59. The maximum absolute atomic E-state index is 11.0. The summed E-state index contributed by atoms with van der Waals surface area (Å²) in [5.74, 6) is -4.36. The first-order valence-corrected chi connectivity index (χ1v) is 7.69. The van der Waals surface area contributed by atoms with Crippen molar-refractivity contribution in [3.8, 4) is 0 Å². The molecule has 0 atom stereocenters. The fraction of sp³-hybridized carbons (Fsp3) is 0.714. The van der Waals surface area contributed by atoms with Crippen LogP contribution in [-0.2, 0) is 19.2 Å². The normalized spacial score (nSPS) is 18.4. The standard InChI is InChI=1S/C14H23N3O8/c18-10(19)1-2-14(15-5-11(20)21)8-16(6-12(22)23)3-4-17(9-14)7-13(24)25/h15H,1-9H2,(H,18,19)(H,20,21)(H,22,23)(H,24,25). The van der Waals surface area contributed by atoms with E-state index in [9.17, 15) is 19.2 Å². The second-order valence-electron chi connectivity index (χ2n) is 6.13. The van der Waals surface area contributed by atoms with Crippen LogP contribution in [0, 0.1) is 0 Å². The van der Waals surface area contributed by atoms with Crippen LogP contribution >= 0.6 is 0 Å². The maximum atomic E-state index is 11.0. The largest absolute Gasteiger partial charge is 0.481 e. The quantitative estimate of drug-likeness (QED) is 0.293. The summed E-state index contributed by atoms with van der Waals surface area (Å²) in [7, 11) is 0. The van der Waals surface area contributed by atoms with Crippen molar-refractivity contribution in [3.63, 3.8) is 0 Å². The molecule has 5 N–H and O–H groups in total. The molecule has 0 saturated carbocycles. The van der Waals surface area contributed by atoms with Crippen molar-refractivity contribution in [1.82, 2.24) is 15.1 Å². The molecule has 1 aliphatic rings. The molecule has 1 saturated heterocycles. The first-order chi connectivity index (χ1) is 11.6. The molecule has 0 aromatic rings. The second kappa shape index (κ2) is 9.30. The number of carboxylic acid groups (broad SMARTS) is 4. The summed E-state index contributed by atoms with van der Waals surface area (Å²) in [4.78, 5) is 47.1. The highest BCUT2D eigenvalue weighted by Gasteiger charge is 2.38. The average Bonchev–Trinajstić information content (AvgIpc) is 2.62. The molecule has 0 aromatic heterocycles. The Hall–Kier alpha value is -2.24. The van der Waals surface area contributed by atoms with E-state index in [1.807, 2.05) is 0 Å². The zero-order valence-electron chi connectivity index (χ0n) is 13.7. The Morgan fingerprint density at radius 3 is 1.64 bits per heavy atom. The molecule has 11 heteroatoms. The van der Waals surface area contributed by atoms with Gasteiger partial charge in [-0.25, -0.2) is 0 Å². The van der Waals surface area contributed by atoms with Crippen LogP contribution in [0.15, 0.2) is 0 Å². The Morgan fingerprint density at radius 2 is 1.28 bits per heavy atom. The zero-order chi connectivity index (χ0) is 19.0. The number of carboxylic acids is 4. The molecular weight excluding hydrogens is 338 g/mol. The van der Waals surface area contributed by atoms with Gasteiger partial charge in [-0.05, 0) is 6.42 Å². The molecule has 1 heterocycles. The molecule has 0 unspecified atom stereocenters. The summed E-state index contributed by atoms with van der Waals surface area (Å²) in [5, 5.41) is 38.7. The van der Waals surface area contributed by atoms with Crippen molar-refractivity contribution < 1.29 is 39.6 Å². The van der Waals surface area contributed by atoms with Crippen LogP contribution in [0.5, 0.6) is 0 Å². The van der Waals surface area contributed by atoms with Crippen molar-refractivity contribution in [1.29, 1.82) is 0 Å². The fourth-order valence-electron chi connectivity index (χ4n) is 2.97. The summed E-state index contributed by atoms with van der Waals surface area (Å²) < 4.78 is 0. The van der Waals surface area contributed by atoms with E-state index in [0.29, 0.717) is 0 Å². The van der Waals surface area contributed by atoms with Crippen molar-refractivity contribution in [2.24, 2.45) is 0 Å². The van der Waals surface area contributed by atoms with Crippen LogP contribution in [0.4, 0.5) is 0 Å². The van der Waals surface area contributed by atoms with E-state index in [1.165, 1.54) is 0 Å². The third kappa shape index (κ3) is 7.92. The number of hydrogen-bond donors (Lipinski definition) is 5. The molecule has 1 rings (SSSR count). The minimum absolute atomic E-state index is 0.0435. The summed E-state index contributed by atoms with van der Waals surface area (Å²) in [6.07, 6.45) is -0.212. The van der Waals surface area contributed by atoms with E-state index in [4.69, 9.17) is 20.4 Å². The van der Waals surface area contributed by atoms with Gasteiger partial charge < -0.3 is 20.4 Å². The lowest BCUT2D eigenvalue weighted by molar-refractivity contribution is -0.140. The van der Waals surface area contributed by atoms with E-state index < -0.39 is 36.0 Å². The van der Waals surface area contributed by atoms with Crippen LogP contribution in [0.1, 0.15) is 12.8 Å². The van der Waals surface area contributed by atoms with E-state index in [1.54, 1.807) is 9.80 Å². The number of aliphatic carboxylic acids is 4. The highest BCUT2D eigenvalue weighted by atomic mass is 16.4. The number of hydrogen-bond acceptors (Lipinski definition) is 7. The van der Waals surface area contributed by atoms with Crippen molar-refractivity contribution >= 4 is 23.9 Å². The molecule has 11 nitrogen and oxygen atoms in total. The molecule has 1 fully saturated rings. The van der Waals surface area contributed by atoms with Crippen molar-refractivity contribution in [2.45, 2.75) is 18.4 Å². The van der Waals surface area contributed by atoms with Gasteiger partial charge in [0.05, 0.1) is 19.6 Å². The number of rotatable bonds is 10. The van der Waals surface area contributed by atoms with E-state index >= 15 is 0 Å². The van der Waals surface area contributed by atoms with Crippen LogP contribution in [0.2, 0.25) is 0 Å². The first-order valence-electron chi connectivity index (χ1n) is 7.69. The Morgan fingerprint density at radius 1 is 0.800 bits per heavy atom. The van der Waals surface area contributed by atoms with Gasteiger partial charge in [0.25, 0.3) is 0 Å². The molecule has 0 radical (unpaired) electrons. The van der Waals surface area contributed by atoms with Gasteiger partial charge in [-0.2, -0.15) is 0 Å². The topological polar surface area (TPSA) is 168 Å². The molecule has 1 aliphatic heterocycles. The highest BCUT2D eigenvalue weighted by Crippen LogP contribution is 2.20. The molecule has 142 valence electrons. The van der Waals surface area contributed by atoms with Gasteiger partial charge in [0, 0.05) is 38.1 Å². The van der Waals surface area contributed by atoms with Gasteiger partial charge in [-0.1, -0.05) is 0 Å².